The number of benzene rings is 1. The number of aryl methyl sites for hydroxylation is 2. The third kappa shape index (κ3) is 2.27. The van der Waals surface area contributed by atoms with Crippen LogP contribution in [-0.2, 0) is 6.42 Å². The van der Waals surface area contributed by atoms with E-state index in [0.29, 0.717) is 29.3 Å². The van der Waals surface area contributed by atoms with E-state index in [1.54, 1.807) is 6.20 Å². The van der Waals surface area contributed by atoms with Crippen molar-refractivity contribution in [1.82, 2.24) is 14.5 Å². The maximum Gasteiger partial charge on any atom is 0.182 e. The van der Waals surface area contributed by atoms with Crippen LogP contribution >= 0.6 is 11.6 Å². The summed E-state index contributed by atoms with van der Waals surface area (Å²) in [5.41, 5.74) is 2.18. The minimum absolute atomic E-state index is 0.0933. The Kier molecular flexibility index (Phi) is 3.59. The van der Waals surface area contributed by atoms with Crippen molar-refractivity contribution in [2.75, 3.05) is 5.88 Å². The van der Waals surface area contributed by atoms with Gasteiger partial charge in [-0.3, -0.25) is 4.57 Å². The number of alkyl halides is 1. The predicted molar refractivity (Wildman–Crippen MR) is 77.9 cm³/mol. The molecule has 1 aromatic carbocycles. The van der Waals surface area contributed by atoms with Crippen molar-refractivity contribution in [3.05, 3.63) is 53.5 Å². The summed E-state index contributed by atoms with van der Waals surface area (Å²) in [6.45, 7) is 1.90. The molecule has 0 radical (unpaired) electrons. The molecule has 0 amide bonds. The van der Waals surface area contributed by atoms with Gasteiger partial charge in [0.05, 0.1) is 5.69 Å². The van der Waals surface area contributed by atoms with Crippen LogP contribution in [0.3, 0.4) is 0 Å². The molecule has 6 heteroatoms. The largest absolute Gasteiger partial charge is 0.278 e. The number of aromatic nitrogens is 3. The van der Waals surface area contributed by atoms with E-state index in [2.05, 4.69) is 9.97 Å². The Bertz CT molecular complexity index is 814. The number of fused-ring (bicyclic) bond motifs is 1. The van der Waals surface area contributed by atoms with Gasteiger partial charge >= 0.3 is 0 Å². The van der Waals surface area contributed by atoms with Crippen molar-refractivity contribution >= 4 is 22.8 Å². The molecule has 21 heavy (non-hydrogen) atoms. The van der Waals surface area contributed by atoms with E-state index < -0.39 is 11.6 Å². The molecule has 3 rings (SSSR count). The summed E-state index contributed by atoms with van der Waals surface area (Å²) >= 11 is 5.79. The van der Waals surface area contributed by atoms with Gasteiger partial charge in [-0.15, -0.1) is 11.6 Å². The van der Waals surface area contributed by atoms with Crippen LogP contribution in [0.25, 0.3) is 16.9 Å². The molecule has 0 saturated heterocycles. The predicted octanol–water partition coefficient (Wildman–Crippen LogP) is 3.79. The molecule has 3 aromatic rings. The van der Waals surface area contributed by atoms with E-state index in [4.69, 9.17) is 11.6 Å². The lowest BCUT2D eigenvalue weighted by Gasteiger charge is -2.09. The summed E-state index contributed by atoms with van der Waals surface area (Å²) in [6, 6.07) is 5.87. The fourth-order valence-corrected chi connectivity index (χ4v) is 2.48. The first-order valence-electron chi connectivity index (χ1n) is 6.46. The molecule has 0 aliphatic heterocycles. The molecule has 2 heterocycles. The lowest BCUT2D eigenvalue weighted by atomic mass is 10.2. The lowest BCUT2D eigenvalue weighted by molar-refractivity contribution is 0.504. The molecule has 2 aromatic heterocycles. The van der Waals surface area contributed by atoms with Crippen molar-refractivity contribution in [2.45, 2.75) is 13.3 Å². The molecule has 0 aliphatic rings. The van der Waals surface area contributed by atoms with Gasteiger partial charge in [0.15, 0.2) is 17.3 Å². The molecule has 0 atom stereocenters. The fourth-order valence-electron chi connectivity index (χ4n) is 2.31. The van der Waals surface area contributed by atoms with Crippen LogP contribution < -0.4 is 0 Å². The van der Waals surface area contributed by atoms with Crippen molar-refractivity contribution in [1.29, 1.82) is 0 Å². The van der Waals surface area contributed by atoms with Gasteiger partial charge in [-0.05, 0) is 30.7 Å². The summed E-state index contributed by atoms with van der Waals surface area (Å²) in [5, 5.41) is 0. The summed E-state index contributed by atoms with van der Waals surface area (Å²) in [5.74, 6) is -0.930. The van der Waals surface area contributed by atoms with Crippen molar-refractivity contribution in [2.24, 2.45) is 0 Å². The number of rotatable bonds is 3. The highest BCUT2D eigenvalue weighted by molar-refractivity contribution is 6.17. The molecule has 0 aliphatic carbocycles. The van der Waals surface area contributed by atoms with Crippen LogP contribution in [0, 0.1) is 18.6 Å². The van der Waals surface area contributed by atoms with E-state index in [9.17, 15) is 8.78 Å². The second-order valence-corrected chi connectivity index (χ2v) is 5.05. The molecule has 0 fully saturated rings. The monoisotopic (exact) mass is 307 g/mol. The standard InChI is InChI=1S/C15H12ClF2N3/c1-9-6-8-19-15-14(9)20-12(5-7-16)21(15)11-4-2-3-10(17)13(11)18/h2-4,6,8H,5,7H2,1H3. The molecule has 0 N–H and O–H groups in total. The van der Waals surface area contributed by atoms with Crippen LogP contribution in [-0.4, -0.2) is 20.4 Å². The van der Waals surface area contributed by atoms with Gasteiger partial charge in [-0.2, -0.15) is 0 Å². The normalized spacial score (nSPS) is 11.2. The summed E-state index contributed by atoms with van der Waals surface area (Å²) in [7, 11) is 0. The van der Waals surface area contributed by atoms with Gasteiger partial charge in [0.2, 0.25) is 0 Å². The molecule has 3 nitrogen and oxygen atoms in total. The number of pyridine rings is 1. The van der Waals surface area contributed by atoms with Crippen molar-refractivity contribution in [3.63, 3.8) is 0 Å². The number of nitrogens with zero attached hydrogens (tertiary/aromatic N) is 3. The molecule has 0 unspecified atom stereocenters. The highest BCUT2D eigenvalue weighted by atomic mass is 35.5. The zero-order chi connectivity index (χ0) is 15.0. The van der Waals surface area contributed by atoms with Crippen LogP contribution in [0.2, 0.25) is 0 Å². The molecular weight excluding hydrogens is 296 g/mol. The van der Waals surface area contributed by atoms with E-state index in [0.717, 1.165) is 11.6 Å². The van der Waals surface area contributed by atoms with Gasteiger partial charge in [-0.25, -0.2) is 18.7 Å². The Morgan fingerprint density at radius 2 is 2.05 bits per heavy atom. The Morgan fingerprint density at radius 3 is 2.81 bits per heavy atom. The van der Waals surface area contributed by atoms with Crippen LogP contribution in [0.1, 0.15) is 11.4 Å². The molecule has 0 spiro atoms. The first-order chi connectivity index (χ1) is 10.1. The maximum atomic E-state index is 14.1. The number of hydrogen-bond donors (Lipinski definition) is 0. The molecule has 0 bridgehead atoms. The van der Waals surface area contributed by atoms with Gasteiger partial charge in [-0.1, -0.05) is 6.07 Å². The number of hydrogen-bond acceptors (Lipinski definition) is 2. The average Bonchev–Trinajstić information content (AvgIpc) is 2.82. The Hall–Kier alpha value is -2.01. The zero-order valence-corrected chi connectivity index (χ0v) is 12.0. The number of halogens is 3. The molecular formula is C15H12ClF2N3. The summed E-state index contributed by atoms with van der Waals surface area (Å²) in [4.78, 5) is 8.74. The van der Waals surface area contributed by atoms with E-state index in [1.165, 1.54) is 16.7 Å². The van der Waals surface area contributed by atoms with Crippen molar-refractivity contribution < 1.29 is 8.78 Å². The smallest absolute Gasteiger partial charge is 0.182 e. The van der Waals surface area contributed by atoms with Crippen molar-refractivity contribution in [3.8, 4) is 5.69 Å². The van der Waals surface area contributed by atoms with E-state index in [-0.39, 0.29) is 5.69 Å². The van der Waals surface area contributed by atoms with E-state index in [1.807, 2.05) is 13.0 Å². The molecule has 0 saturated carbocycles. The SMILES string of the molecule is Cc1ccnc2c1nc(CCCl)n2-c1cccc(F)c1F. The van der Waals surface area contributed by atoms with Gasteiger partial charge in [0.25, 0.3) is 0 Å². The highest BCUT2D eigenvalue weighted by Crippen LogP contribution is 2.25. The second-order valence-electron chi connectivity index (χ2n) is 4.68. The Labute approximate surface area is 125 Å². The van der Waals surface area contributed by atoms with Crippen LogP contribution in [0.4, 0.5) is 8.78 Å². The van der Waals surface area contributed by atoms with Gasteiger partial charge < -0.3 is 0 Å². The second kappa shape index (κ2) is 5.41. The van der Waals surface area contributed by atoms with Gasteiger partial charge in [0, 0.05) is 18.5 Å². The fraction of sp³-hybridized carbons (Fsp3) is 0.200. The average molecular weight is 308 g/mol. The quantitative estimate of drug-likeness (QED) is 0.689. The Balaban J connectivity index is 2.37. The summed E-state index contributed by atoms with van der Waals surface area (Å²) < 4.78 is 29.2. The van der Waals surface area contributed by atoms with E-state index >= 15 is 0 Å². The first kappa shape index (κ1) is 13.9. The minimum atomic E-state index is -0.920. The summed E-state index contributed by atoms with van der Waals surface area (Å²) in [6.07, 6.45) is 2.06. The third-order valence-electron chi connectivity index (χ3n) is 3.31. The highest BCUT2D eigenvalue weighted by Gasteiger charge is 2.18. The lowest BCUT2D eigenvalue weighted by Crippen LogP contribution is -2.06. The third-order valence-corrected chi connectivity index (χ3v) is 3.50. The number of imidazole rings is 1. The van der Waals surface area contributed by atoms with Crippen LogP contribution in [0.5, 0.6) is 0 Å². The van der Waals surface area contributed by atoms with Gasteiger partial charge in [0.1, 0.15) is 11.3 Å². The maximum absolute atomic E-state index is 14.1. The first-order valence-corrected chi connectivity index (χ1v) is 7.00. The zero-order valence-electron chi connectivity index (χ0n) is 11.3. The Morgan fingerprint density at radius 1 is 1.24 bits per heavy atom. The van der Waals surface area contributed by atoms with Crippen LogP contribution in [0.15, 0.2) is 30.5 Å². The topological polar surface area (TPSA) is 30.7 Å². The molecule has 108 valence electrons. The minimum Gasteiger partial charge on any atom is -0.278 e.